The Kier molecular flexibility index (Phi) is 5.88. The molecule has 6 heteroatoms. The number of carbonyl (C=O) groups is 1. The van der Waals surface area contributed by atoms with E-state index in [-0.39, 0.29) is 24.3 Å². The van der Waals surface area contributed by atoms with E-state index in [9.17, 15) is 9.18 Å². The van der Waals surface area contributed by atoms with Gasteiger partial charge < -0.3 is 10.5 Å². The lowest BCUT2D eigenvalue weighted by molar-refractivity contribution is -0.122. The summed E-state index contributed by atoms with van der Waals surface area (Å²) in [5.41, 5.74) is 4.80. The fourth-order valence-corrected chi connectivity index (χ4v) is 2.96. The normalized spacial score (nSPS) is 16.7. The zero-order valence-corrected chi connectivity index (χ0v) is 13.2. The van der Waals surface area contributed by atoms with Gasteiger partial charge in [0.2, 0.25) is 5.91 Å². The highest BCUT2D eigenvalue weighted by molar-refractivity contribution is 5.78. The maximum Gasteiger partial charge on any atom is 0.236 e. The molecule has 1 aliphatic rings. The van der Waals surface area contributed by atoms with Crippen molar-refractivity contribution in [1.82, 2.24) is 15.7 Å². The fraction of sp³-hybridized carbons (Fsp3) is 0.562. The Morgan fingerprint density at radius 3 is 2.95 bits per heavy atom. The summed E-state index contributed by atoms with van der Waals surface area (Å²) < 4.78 is 13.8. The zero-order valence-electron chi connectivity index (χ0n) is 13.2. The molecule has 0 saturated heterocycles. The first-order valence-electron chi connectivity index (χ1n) is 7.66. The number of carbonyl (C=O) groups excluding carboxylic acids is 1. The third-order valence-electron chi connectivity index (χ3n) is 3.97. The number of hydroxylamine groups is 1. The minimum atomic E-state index is -0.244. The number of benzene rings is 1. The Morgan fingerprint density at radius 1 is 1.45 bits per heavy atom. The van der Waals surface area contributed by atoms with Crippen molar-refractivity contribution < 1.29 is 14.4 Å². The molecule has 0 unspecified atom stereocenters. The third-order valence-corrected chi connectivity index (χ3v) is 3.97. The Hall–Kier alpha value is -1.50. The first kappa shape index (κ1) is 16.9. The Morgan fingerprint density at radius 2 is 2.23 bits per heavy atom. The van der Waals surface area contributed by atoms with Crippen LogP contribution in [0, 0.1) is 12.7 Å². The van der Waals surface area contributed by atoms with Crippen molar-refractivity contribution in [3.8, 4) is 0 Å². The van der Waals surface area contributed by atoms with Gasteiger partial charge in [0.25, 0.3) is 0 Å². The van der Waals surface area contributed by atoms with Gasteiger partial charge in [-0.3, -0.25) is 9.69 Å². The largest absolute Gasteiger partial charge is 0.351 e. The number of aryl methyl sites for hydroxylation is 2. The van der Waals surface area contributed by atoms with E-state index in [4.69, 9.17) is 5.21 Å². The lowest BCUT2D eigenvalue weighted by Crippen LogP contribution is -2.44. The smallest absolute Gasteiger partial charge is 0.236 e. The summed E-state index contributed by atoms with van der Waals surface area (Å²) in [5, 5.41) is 11.3. The van der Waals surface area contributed by atoms with Crippen LogP contribution in [0.2, 0.25) is 0 Å². The van der Waals surface area contributed by atoms with E-state index in [1.807, 2.05) is 18.5 Å². The van der Waals surface area contributed by atoms with Crippen LogP contribution in [0.25, 0.3) is 0 Å². The molecule has 1 aromatic carbocycles. The average molecular weight is 309 g/mol. The van der Waals surface area contributed by atoms with Crippen LogP contribution in [0.1, 0.15) is 30.0 Å². The number of hydrogen-bond acceptors (Lipinski definition) is 4. The van der Waals surface area contributed by atoms with Crippen LogP contribution in [-0.4, -0.2) is 41.7 Å². The summed E-state index contributed by atoms with van der Waals surface area (Å²) in [6.45, 7) is 5.93. The zero-order chi connectivity index (χ0) is 16.1. The summed E-state index contributed by atoms with van der Waals surface area (Å²) in [6.07, 6.45) is 1.99. The van der Waals surface area contributed by atoms with Gasteiger partial charge >= 0.3 is 0 Å². The standard InChI is InChI=1S/C16H24FN3O2/c1-11-6-13-4-3-5-20(10-14(13)7-15(11)17)9-12(2)19-16(21)8-18-22/h6-7,12,18,22H,3-5,8-10H2,1-2H3,(H,19,21)/t12-/m0/s1. The topological polar surface area (TPSA) is 64.6 Å². The maximum absolute atomic E-state index is 13.8. The van der Waals surface area contributed by atoms with E-state index in [0.29, 0.717) is 18.7 Å². The molecule has 2 rings (SSSR count). The fourth-order valence-electron chi connectivity index (χ4n) is 2.96. The second-order valence-electron chi connectivity index (χ2n) is 6.01. The van der Waals surface area contributed by atoms with E-state index in [2.05, 4.69) is 10.2 Å². The van der Waals surface area contributed by atoms with Gasteiger partial charge in [-0.05, 0) is 56.0 Å². The molecular weight excluding hydrogens is 285 g/mol. The van der Waals surface area contributed by atoms with E-state index >= 15 is 0 Å². The molecule has 0 aromatic heterocycles. The SMILES string of the molecule is Cc1cc2c(cc1F)CN(C[C@H](C)NC(=O)CNO)CCC2. The molecule has 0 radical (unpaired) electrons. The number of fused-ring (bicyclic) bond motifs is 1. The van der Waals surface area contributed by atoms with Crippen molar-refractivity contribution in [1.29, 1.82) is 0 Å². The van der Waals surface area contributed by atoms with Gasteiger partial charge in [-0.2, -0.15) is 5.48 Å². The molecule has 0 bridgehead atoms. The number of hydrogen-bond donors (Lipinski definition) is 3. The van der Waals surface area contributed by atoms with Gasteiger partial charge in [-0.15, -0.1) is 0 Å². The molecule has 3 N–H and O–H groups in total. The van der Waals surface area contributed by atoms with Crippen molar-refractivity contribution in [2.24, 2.45) is 0 Å². The van der Waals surface area contributed by atoms with Crippen molar-refractivity contribution in [2.45, 2.75) is 39.3 Å². The summed E-state index contributed by atoms with van der Waals surface area (Å²) in [5.74, 6) is -0.400. The van der Waals surface area contributed by atoms with E-state index in [1.54, 1.807) is 13.0 Å². The maximum atomic E-state index is 13.8. The van der Waals surface area contributed by atoms with Crippen molar-refractivity contribution in [2.75, 3.05) is 19.6 Å². The minimum absolute atomic E-state index is 0.0299. The second-order valence-corrected chi connectivity index (χ2v) is 6.01. The Balaban J connectivity index is 1.98. The molecule has 1 amide bonds. The van der Waals surface area contributed by atoms with Crippen LogP contribution in [0.4, 0.5) is 4.39 Å². The molecule has 0 spiro atoms. The van der Waals surface area contributed by atoms with Gasteiger partial charge in [-0.25, -0.2) is 4.39 Å². The number of halogens is 1. The molecule has 1 aliphatic heterocycles. The molecule has 0 aliphatic carbocycles. The lowest BCUT2D eigenvalue weighted by atomic mass is 10.0. The second kappa shape index (κ2) is 7.67. The molecule has 1 heterocycles. The predicted octanol–water partition coefficient (Wildman–Crippen LogP) is 1.37. The highest BCUT2D eigenvalue weighted by Gasteiger charge is 2.18. The highest BCUT2D eigenvalue weighted by Crippen LogP contribution is 2.22. The Labute approximate surface area is 130 Å². The van der Waals surface area contributed by atoms with E-state index in [0.717, 1.165) is 24.9 Å². The molecule has 0 saturated carbocycles. The summed E-state index contributed by atoms with van der Waals surface area (Å²) >= 11 is 0. The van der Waals surface area contributed by atoms with E-state index in [1.165, 1.54) is 5.56 Å². The first-order valence-corrected chi connectivity index (χ1v) is 7.66. The summed E-state index contributed by atoms with van der Waals surface area (Å²) in [4.78, 5) is 13.7. The lowest BCUT2D eigenvalue weighted by Gasteiger charge is -2.25. The van der Waals surface area contributed by atoms with Crippen LogP contribution in [0.15, 0.2) is 12.1 Å². The average Bonchev–Trinajstić information content (AvgIpc) is 2.61. The molecule has 5 nitrogen and oxygen atoms in total. The van der Waals surface area contributed by atoms with E-state index < -0.39 is 0 Å². The molecule has 1 aromatic rings. The van der Waals surface area contributed by atoms with Gasteiger partial charge in [0, 0.05) is 19.1 Å². The van der Waals surface area contributed by atoms with Crippen molar-refractivity contribution >= 4 is 5.91 Å². The molecule has 1 atom stereocenters. The van der Waals surface area contributed by atoms with Gasteiger partial charge in [0.05, 0.1) is 6.54 Å². The quantitative estimate of drug-likeness (QED) is 0.719. The van der Waals surface area contributed by atoms with Crippen molar-refractivity contribution in [3.05, 3.63) is 34.6 Å². The molecule has 122 valence electrons. The van der Waals surface area contributed by atoms with Gasteiger partial charge in [-0.1, -0.05) is 6.07 Å². The summed E-state index contributed by atoms with van der Waals surface area (Å²) in [7, 11) is 0. The molecule has 22 heavy (non-hydrogen) atoms. The molecular formula is C16H24FN3O2. The number of amides is 1. The van der Waals surface area contributed by atoms with Gasteiger partial charge in [0.1, 0.15) is 5.82 Å². The summed E-state index contributed by atoms with van der Waals surface area (Å²) in [6, 6.07) is 3.56. The van der Waals surface area contributed by atoms with Crippen LogP contribution in [-0.2, 0) is 17.8 Å². The monoisotopic (exact) mass is 309 g/mol. The minimum Gasteiger partial charge on any atom is -0.351 e. The van der Waals surface area contributed by atoms with Crippen LogP contribution < -0.4 is 10.8 Å². The predicted molar refractivity (Wildman–Crippen MR) is 82.1 cm³/mol. The number of rotatable bonds is 5. The van der Waals surface area contributed by atoms with Crippen LogP contribution in [0.5, 0.6) is 0 Å². The highest BCUT2D eigenvalue weighted by atomic mass is 19.1. The van der Waals surface area contributed by atoms with Crippen molar-refractivity contribution in [3.63, 3.8) is 0 Å². The Bertz CT molecular complexity index is 536. The van der Waals surface area contributed by atoms with Crippen LogP contribution >= 0.6 is 0 Å². The van der Waals surface area contributed by atoms with Gasteiger partial charge in [0.15, 0.2) is 0 Å². The molecule has 0 fully saturated rings. The third kappa shape index (κ3) is 4.50. The number of nitrogens with one attached hydrogen (secondary N) is 2. The first-order chi connectivity index (χ1) is 10.5. The number of nitrogens with zero attached hydrogens (tertiary/aromatic N) is 1. The van der Waals surface area contributed by atoms with Crippen LogP contribution in [0.3, 0.4) is 0 Å².